The standard InChI is InChI=1S/C20H18ClN7O5/c1-13-19(22-23-26(13)14-3-2-4-15(11-14)27(30)31)20(29)25-9-7-24(8-10-25)18-6-5-16(28(32)33)12-17(18)21/h2-6,11-12H,7-10H2,1H3. The number of piperazine rings is 1. The zero-order valence-electron chi connectivity index (χ0n) is 17.4. The molecule has 1 amide bonds. The van der Waals surface area contributed by atoms with Crippen LogP contribution in [0.2, 0.25) is 5.02 Å². The van der Waals surface area contributed by atoms with Gasteiger partial charge in [0, 0.05) is 50.4 Å². The van der Waals surface area contributed by atoms with E-state index in [1.165, 1.54) is 28.9 Å². The monoisotopic (exact) mass is 471 g/mol. The third-order valence-electron chi connectivity index (χ3n) is 5.43. The molecule has 12 nitrogen and oxygen atoms in total. The van der Waals surface area contributed by atoms with Crippen molar-refractivity contribution in [1.29, 1.82) is 0 Å². The number of amides is 1. The number of hydrogen-bond donors (Lipinski definition) is 0. The third kappa shape index (κ3) is 4.32. The van der Waals surface area contributed by atoms with E-state index in [0.29, 0.717) is 43.2 Å². The number of nitrogens with zero attached hydrogens (tertiary/aromatic N) is 7. The van der Waals surface area contributed by atoms with E-state index in [9.17, 15) is 25.0 Å². The third-order valence-corrected chi connectivity index (χ3v) is 5.73. The summed E-state index contributed by atoms with van der Waals surface area (Å²) in [6, 6.07) is 10.2. The van der Waals surface area contributed by atoms with E-state index in [4.69, 9.17) is 11.6 Å². The van der Waals surface area contributed by atoms with Crippen molar-refractivity contribution in [2.75, 3.05) is 31.1 Å². The Morgan fingerprint density at radius 1 is 1.00 bits per heavy atom. The lowest BCUT2D eigenvalue weighted by molar-refractivity contribution is -0.385. The van der Waals surface area contributed by atoms with E-state index < -0.39 is 9.85 Å². The van der Waals surface area contributed by atoms with Crippen LogP contribution in [0.15, 0.2) is 42.5 Å². The Morgan fingerprint density at radius 3 is 2.30 bits per heavy atom. The smallest absolute Gasteiger partial charge is 0.276 e. The molecule has 0 spiro atoms. The summed E-state index contributed by atoms with van der Waals surface area (Å²) in [6.45, 7) is 3.45. The molecule has 13 heteroatoms. The van der Waals surface area contributed by atoms with E-state index in [1.807, 2.05) is 4.90 Å². The average Bonchev–Trinajstić information content (AvgIpc) is 3.20. The molecule has 0 saturated carbocycles. The molecular weight excluding hydrogens is 454 g/mol. The van der Waals surface area contributed by atoms with Crippen molar-refractivity contribution < 1.29 is 14.6 Å². The number of nitro groups is 2. The van der Waals surface area contributed by atoms with Crippen LogP contribution in [-0.4, -0.2) is 61.8 Å². The van der Waals surface area contributed by atoms with E-state index >= 15 is 0 Å². The van der Waals surface area contributed by atoms with Crippen LogP contribution in [0.3, 0.4) is 0 Å². The van der Waals surface area contributed by atoms with Gasteiger partial charge in [0.25, 0.3) is 17.3 Å². The van der Waals surface area contributed by atoms with Crippen molar-refractivity contribution in [2.45, 2.75) is 6.92 Å². The van der Waals surface area contributed by atoms with Crippen molar-refractivity contribution in [2.24, 2.45) is 0 Å². The van der Waals surface area contributed by atoms with Crippen molar-refractivity contribution in [3.05, 3.63) is 79.1 Å². The molecule has 33 heavy (non-hydrogen) atoms. The molecule has 1 aliphatic rings. The summed E-state index contributed by atoms with van der Waals surface area (Å²) in [5.41, 5.74) is 1.58. The van der Waals surface area contributed by atoms with Gasteiger partial charge in [0.15, 0.2) is 5.69 Å². The van der Waals surface area contributed by atoms with E-state index in [0.717, 1.165) is 0 Å². The zero-order valence-corrected chi connectivity index (χ0v) is 18.2. The van der Waals surface area contributed by atoms with Gasteiger partial charge in [0.05, 0.1) is 31.9 Å². The number of nitro benzene ring substituents is 2. The molecular formula is C20H18ClN7O5. The molecule has 0 atom stereocenters. The lowest BCUT2D eigenvalue weighted by Crippen LogP contribution is -2.49. The van der Waals surface area contributed by atoms with Crippen LogP contribution in [0.1, 0.15) is 16.2 Å². The van der Waals surface area contributed by atoms with E-state index in [2.05, 4.69) is 10.3 Å². The fraction of sp³-hybridized carbons (Fsp3) is 0.250. The van der Waals surface area contributed by atoms with Crippen LogP contribution in [0, 0.1) is 27.2 Å². The maximum Gasteiger partial charge on any atom is 0.276 e. The summed E-state index contributed by atoms with van der Waals surface area (Å²) in [4.78, 5) is 37.6. The summed E-state index contributed by atoms with van der Waals surface area (Å²) in [7, 11) is 0. The number of hydrogen-bond acceptors (Lipinski definition) is 8. The SMILES string of the molecule is Cc1c(C(=O)N2CCN(c3ccc([N+](=O)[O-])cc3Cl)CC2)nnn1-c1cccc([N+](=O)[O-])c1. The minimum Gasteiger partial charge on any atom is -0.367 e. The van der Waals surface area contributed by atoms with Crippen LogP contribution >= 0.6 is 11.6 Å². The van der Waals surface area contributed by atoms with Crippen molar-refractivity contribution in [3.8, 4) is 5.69 Å². The minimum atomic E-state index is -0.505. The molecule has 1 fully saturated rings. The second-order valence-electron chi connectivity index (χ2n) is 7.38. The van der Waals surface area contributed by atoms with Crippen LogP contribution in [0.25, 0.3) is 5.69 Å². The molecule has 1 aromatic heterocycles. The van der Waals surface area contributed by atoms with Gasteiger partial charge in [0.1, 0.15) is 0 Å². The molecule has 0 N–H and O–H groups in total. The van der Waals surface area contributed by atoms with Gasteiger partial charge in [-0.25, -0.2) is 4.68 Å². The van der Waals surface area contributed by atoms with E-state index in [-0.39, 0.29) is 28.0 Å². The maximum atomic E-state index is 13.1. The van der Waals surface area contributed by atoms with Crippen molar-refractivity contribution in [1.82, 2.24) is 19.9 Å². The Morgan fingerprint density at radius 2 is 1.67 bits per heavy atom. The van der Waals surface area contributed by atoms with Gasteiger partial charge in [-0.3, -0.25) is 25.0 Å². The minimum absolute atomic E-state index is 0.0835. The number of carbonyl (C=O) groups is 1. The van der Waals surface area contributed by atoms with Crippen LogP contribution in [0.5, 0.6) is 0 Å². The Labute approximate surface area is 192 Å². The maximum absolute atomic E-state index is 13.1. The average molecular weight is 472 g/mol. The Balaban J connectivity index is 1.47. The molecule has 2 heterocycles. The Bertz CT molecular complexity index is 1250. The fourth-order valence-corrected chi connectivity index (χ4v) is 3.97. The molecule has 0 radical (unpaired) electrons. The van der Waals surface area contributed by atoms with Gasteiger partial charge in [0.2, 0.25) is 0 Å². The number of benzene rings is 2. The summed E-state index contributed by atoms with van der Waals surface area (Å²) in [6.07, 6.45) is 0. The second kappa shape index (κ2) is 8.82. The quantitative estimate of drug-likeness (QED) is 0.408. The Kier molecular flexibility index (Phi) is 5.92. The molecule has 0 aliphatic carbocycles. The molecule has 4 rings (SSSR count). The zero-order chi connectivity index (χ0) is 23.7. The van der Waals surface area contributed by atoms with Gasteiger partial charge in [-0.15, -0.1) is 5.10 Å². The largest absolute Gasteiger partial charge is 0.367 e. The van der Waals surface area contributed by atoms with Gasteiger partial charge in [-0.05, 0) is 19.1 Å². The molecule has 170 valence electrons. The normalized spacial score (nSPS) is 13.8. The first-order chi connectivity index (χ1) is 15.8. The van der Waals surface area contributed by atoms with Crippen molar-refractivity contribution in [3.63, 3.8) is 0 Å². The molecule has 0 bridgehead atoms. The van der Waals surface area contributed by atoms with Gasteiger partial charge >= 0.3 is 0 Å². The number of rotatable bonds is 5. The van der Waals surface area contributed by atoms with Crippen molar-refractivity contribution >= 4 is 34.6 Å². The highest BCUT2D eigenvalue weighted by Gasteiger charge is 2.27. The number of non-ortho nitro benzene ring substituents is 2. The second-order valence-corrected chi connectivity index (χ2v) is 7.79. The van der Waals surface area contributed by atoms with Crippen LogP contribution < -0.4 is 4.90 Å². The summed E-state index contributed by atoms with van der Waals surface area (Å²) in [5.74, 6) is -0.293. The number of aromatic nitrogens is 3. The molecule has 3 aromatic rings. The predicted molar refractivity (Wildman–Crippen MR) is 119 cm³/mol. The first-order valence-corrected chi connectivity index (χ1v) is 10.3. The molecule has 0 unspecified atom stereocenters. The number of halogens is 1. The summed E-state index contributed by atoms with van der Waals surface area (Å²) < 4.78 is 1.40. The lowest BCUT2D eigenvalue weighted by Gasteiger charge is -2.36. The first-order valence-electron chi connectivity index (χ1n) is 9.91. The van der Waals surface area contributed by atoms with Crippen LogP contribution in [0.4, 0.5) is 17.1 Å². The van der Waals surface area contributed by atoms with E-state index in [1.54, 1.807) is 30.0 Å². The first kappa shape index (κ1) is 22.1. The number of anilines is 1. The van der Waals surface area contributed by atoms with Crippen LogP contribution in [-0.2, 0) is 0 Å². The highest BCUT2D eigenvalue weighted by molar-refractivity contribution is 6.33. The molecule has 2 aromatic carbocycles. The highest BCUT2D eigenvalue weighted by atomic mass is 35.5. The molecule has 1 saturated heterocycles. The lowest BCUT2D eigenvalue weighted by atomic mass is 10.2. The van der Waals surface area contributed by atoms with Gasteiger partial charge in [-0.2, -0.15) is 0 Å². The fourth-order valence-electron chi connectivity index (χ4n) is 3.68. The van der Waals surface area contributed by atoms with Gasteiger partial charge < -0.3 is 9.80 Å². The number of carbonyl (C=O) groups excluding carboxylic acids is 1. The topological polar surface area (TPSA) is 141 Å². The molecule has 1 aliphatic heterocycles. The Hall–Kier alpha value is -4.06. The highest BCUT2D eigenvalue weighted by Crippen LogP contribution is 2.30. The summed E-state index contributed by atoms with van der Waals surface area (Å²) in [5, 5.41) is 30.3. The van der Waals surface area contributed by atoms with Gasteiger partial charge in [-0.1, -0.05) is 22.9 Å². The predicted octanol–water partition coefficient (Wildman–Crippen LogP) is 3.01. The summed E-state index contributed by atoms with van der Waals surface area (Å²) >= 11 is 6.22.